The van der Waals surface area contributed by atoms with Crippen LogP contribution in [0.2, 0.25) is 0 Å². The van der Waals surface area contributed by atoms with Crippen molar-refractivity contribution in [3.05, 3.63) is 83.8 Å². The molecule has 4 aromatic rings. The number of amides is 1. The number of fused-ring (bicyclic) bond motifs is 1. The van der Waals surface area contributed by atoms with Crippen LogP contribution < -0.4 is 20.1 Å². The number of methoxy groups -OCH3 is 2. The van der Waals surface area contributed by atoms with Crippen LogP contribution in [0.15, 0.2) is 59.7 Å². The highest BCUT2D eigenvalue weighted by Crippen LogP contribution is 2.40. The smallest absolute Gasteiger partial charge is 0.418 e. The van der Waals surface area contributed by atoms with Crippen molar-refractivity contribution >= 4 is 39.9 Å². The van der Waals surface area contributed by atoms with Crippen molar-refractivity contribution in [1.82, 2.24) is 4.98 Å². The van der Waals surface area contributed by atoms with E-state index in [4.69, 9.17) is 13.9 Å². The molecular weight excluding hydrogens is 529 g/mol. The van der Waals surface area contributed by atoms with E-state index in [-0.39, 0.29) is 22.5 Å². The summed E-state index contributed by atoms with van der Waals surface area (Å²) in [6.07, 6.45) is -2.80. The molecule has 13 heteroatoms. The van der Waals surface area contributed by atoms with Gasteiger partial charge in [0.1, 0.15) is 11.4 Å². The molecule has 0 spiro atoms. The number of anilines is 3. The lowest BCUT2D eigenvalue weighted by molar-refractivity contribution is -0.137. The average Bonchev–Trinajstić information content (AvgIpc) is 3.32. The van der Waals surface area contributed by atoms with Crippen molar-refractivity contribution in [2.45, 2.75) is 6.18 Å². The number of alkyl halides is 3. The van der Waals surface area contributed by atoms with Crippen LogP contribution in [-0.4, -0.2) is 30.9 Å². The third-order valence-electron chi connectivity index (χ3n) is 5.49. The van der Waals surface area contributed by atoms with Gasteiger partial charge in [-0.2, -0.15) is 13.2 Å². The van der Waals surface area contributed by atoms with Crippen LogP contribution in [-0.2, 0) is 11.0 Å². The van der Waals surface area contributed by atoms with Crippen molar-refractivity contribution < 1.29 is 45.4 Å². The maximum absolute atomic E-state index is 14.8. The van der Waals surface area contributed by atoms with Gasteiger partial charge in [0, 0.05) is 11.5 Å². The highest BCUT2D eigenvalue weighted by Gasteiger charge is 2.35. The molecule has 202 valence electrons. The van der Waals surface area contributed by atoms with Crippen LogP contribution in [0.5, 0.6) is 11.5 Å². The number of aromatic nitrogens is 1. The minimum Gasteiger partial charge on any atom is -0.494 e. The number of benzene rings is 2. The zero-order valence-corrected chi connectivity index (χ0v) is 20.2. The van der Waals surface area contributed by atoms with Crippen LogP contribution in [0.25, 0.3) is 11.0 Å². The number of halogens is 5. The first-order chi connectivity index (χ1) is 18.5. The lowest BCUT2D eigenvalue weighted by atomic mass is 10.1. The normalized spacial score (nSPS) is 11.3. The predicted molar refractivity (Wildman–Crippen MR) is 130 cm³/mol. The molecule has 1 amide bonds. The number of ketones is 1. The number of para-hydroxylation sites is 1. The Morgan fingerprint density at radius 3 is 2.31 bits per heavy atom. The number of rotatable bonds is 8. The van der Waals surface area contributed by atoms with Gasteiger partial charge in [0.2, 0.25) is 11.7 Å². The van der Waals surface area contributed by atoms with Crippen LogP contribution in [0.4, 0.5) is 39.1 Å². The molecule has 39 heavy (non-hydrogen) atoms. The van der Waals surface area contributed by atoms with Gasteiger partial charge in [0.05, 0.1) is 37.4 Å². The summed E-state index contributed by atoms with van der Waals surface area (Å²) in [5.74, 6) is -5.95. The number of nitrogens with zero attached hydrogens (tertiary/aromatic N) is 1. The molecule has 0 fully saturated rings. The number of hydrogen-bond acceptors (Lipinski definition) is 7. The van der Waals surface area contributed by atoms with E-state index < -0.39 is 63.6 Å². The van der Waals surface area contributed by atoms with Gasteiger partial charge in [0.25, 0.3) is 0 Å². The molecule has 2 heterocycles. The molecule has 0 saturated carbocycles. The summed E-state index contributed by atoms with van der Waals surface area (Å²) in [5.41, 5.74) is -2.77. The molecule has 0 saturated heterocycles. The third kappa shape index (κ3) is 5.23. The average molecular weight is 547 g/mol. The first-order valence-corrected chi connectivity index (χ1v) is 10.9. The summed E-state index contributed by atoms with van der Waals surface area (Å²) in [6.45, 7) is 3.28. The minimum atomic E-state index is -4.79. The Morgan fingerprint density at radius 1 is 1.05 bits per heavy atom. The molecule has 0 aliphatic heterocycles. The summed E-state index contributed by atoms with van der Waals surface area (Å²) < 4.78 is 85.8. The van der Waals surface area contributed by atoms with Gasteiger partial charge in [-0.25, -0.2) is 13.8 Å². The van der Waals surface area contributed by atoms with Crippen molar-refractivity contribution in [3.63, 3.8) is 0 Å². The topological polar surface area (TPSA) is 103 Å². The molecule has 0 aliphatic rings. The van der Waals surface area contributed by atoms with E-state index in [0.29, 0.717) is 0 Å². The Morgan fingerprint density at radius 2 is 1.72 bits per heavy atom. The number of pyridine rings is 1. The van der Waals surface area contributed by atoms with E-state index in [1.54, 1.807) is 0 Å². The van der Waals surface area contributed by atoms with Crippen molar-refractivity contribution in [1.29, 1.82) is 0 Å². The highest BCUT2D eigenvalue weighted by molar-refractivity contribution is 6.10. The van der Waals surface area contributed by atoms with Crippen LogP contribution >= 0.6 is 0 Å². The molecule has 2 aromatic heterocycles. The van der Waals surface area contributed by atoms with Gasteiger partial charge in [-0.1, -0.05) is 12.6 Å². The zero-order chi connectivity index (χ0) is 28.5. The molecule has 4 rings (SSSR count). The third-order valence-corrected chi connectivity index (χ3v) is 5.49. The number of hydrogen-bond donors (Lipinski definition) is 2. The molecule has 0 atom stereocenters. The van der Waals surface area contributed by atoms with Crippen LogP contribution in [0.1, 0.15) is 21.7 Å². The van der Waals surface area contributed by atoms with Crippen molar-refractivity contribution in [3.8, 4) is 11.5 Å². The summed E-state index contributed by atoms with van der Waals surface area (Å²) in [6, 6.07) is 6.50. The standard InChI is InChI=1S/C26H18F5N3O5/c1-4-20(35)33-14-7-5-6-13(26(29,30)31)24(14)34-19-9-12-8-17(39-18(12)11-32-19)25(36)21-22(27)15(37-2)10-16(38-3)23(21)28/h4-11H,1H2,2-3H3,(H,32,34)(H,33,35). The molecule has 2 N–H and O–H groups in total. The monoisotopic (exact) mass is 547 g/mol. The van der Waals surface area contributed by atoms with Crippen LogP contribution in [0, 0.1) is 11.6 Å². The van der Waals surface area contributed by atoms with Gasteiger partial charge < -0.3 is 24.5 Å². The lowest BCUT2D eigenvalue weighted by Crippen LogP contribution is -2.14. The van der Waals surface area contributed by atoms with E-state index in [2.05, 4.69) is 22.2 Å². The van der Waals surface area contributed by atoms with Crippen LogP contribution in [0.3, 0.4) is 0 Å². The van der Waals surface area contributed by atoms with E-state index in [1.807, 2.05) is 0 Å². The second-order valence-electron chi connectivity index (χ2n) is 7.88. The number of furan rings is 1. The number of carbonyl (C=O) groups excluding carboxylic acids is 2. The van der Waals surface area contributed by atoms with Gasteiger partial charge in [0.15, 0.2) is 34.5 Å². The first-order valence-electron chi connectivity index (χ1n) is 10.9. The Bertz CT molecular complexity index is 1590. The van der Waals surface area contributed by atoms with E-state index in [1.165, 1.54) is 12.1 Å². The maximum atomic E-state index is 14.8. The van der Waals surface area contributed by atoms with E-state index in [9.17, 15) is 31.5 Å². The first kappa shape index (κ1) is 27.1. The molecular formula is C26H18F5N3O5. The molecule has 0 unspecified atom stereocenters. The quantitative estimate of drug-likeness (QED) is 0.153. The maximum Gasteiger partial charge on any atom is 0.418 e. The van der Waals surface area contributed by atoms with E-state index in [0.717, 1.165) is 50.8 Å². The number of nitrogens with one attached hydrogen (secondary N) is 2. The second kappa shape index (κ2) is 10.4. The van der Waals surface area contributed by atoms with Crippen molar-refractivity contribution in [2.24, 2.45) is 0 Å². The fourth-order valence-electron chi connectivity index (χ4n) is 3.67. The van der Waals surface area contributed by atoms with E-state index >= 15 is 0 Å². The van der Waals surface area contributed by atoms with Gasteiger partial charge in [-0.3, -0.25) is 9.59 Å². The summed E-state index contributed by atoms with van der Waals surface area (Å²) in [7, 11) is 2.24. The summed E-state index contributed by atoms with van der Waals surface area (Å²) in [5, 5.41) is 5.00. The zero-order valence-electron chi connectivity index (χ0n) is 20.2. The minimum absolute atomic E-state index is 0.00358. The van der Waals surface area contributed by atoms with Gasteiger partial charge in [-0.15, -0.1) is 0 Å². The Kier molecular flexibility index (Phi) is 7.25. The second-order valence-corrected chi connectivity index (χ2v) is 7.88. The predicted octanol–water partition coefficient (Wildman–Crippen LogP) is 6.24. The number of carbonyl (C=O) groups is 2. The Labute approximate surface area is 217 Å². The molecule has 0 aliphatic carbocycles. The Balaban J connectivity index is 1.75. The highest BCUT2D eigenvalue weighted by atomic mass is 19.4. The van der Waals surface area contributed by atoms with Crippen molar-refractivity contribution in [2.75, 3.05) is 24.9 Å². The SMILES string of the molecule is C=CC(=O)Nc1cccc(C(F)(F)F)c1Nc1cc2cc(C(=O)c3c(F)c(OC)cc(OC)c3F)oc2cn1. The van der Waals surface area contributed by atoms with Gasteiger partial charge in [-0.05, 0) is 30.3 Å². The number of ether oxygens (including phenoxy) is 2. The summed E-state index contributed by atoms with van der Waals surface area (Å²) in [4.78, 5) is 28.8. The van der Waals surface area contributed by atoms with Gasteiger partial charge >= 0.3 is 6.18 Å². The molecule has 0 bridgehead atoms. The molecule has 8 nitrogen and oxygen atoms in total. The molecule has 2 aromatic carbocycles. The Hall–Kier alpha value is -4.94. The largest absolute Gasteiger partial charge is 0.494 e. The summed E-state index contributed by atoms with van der Waals surface area (Å²) >= 11 is 0. The lowest BCUT2D eigenvalue weighted by Gasteiger charge is -2.18. The fourth-order valence-corrected chi connectivity index (χ4v) is 3.67. The fraction of sp³-hybridized carbons (Fsp3) is 0.115. The molecule has 0 radical (unpaired) electrons.